The molecule has 0 aromatic carbocycles. The van der Waals surface area contributed by atoms with E-state index >= 15 is 0 Å². The molecule has 1 rings (SSSR count). The van der Waals surface area contributed by atoms with Gasteiger partial charge in [-0.25, -0.2) is 0 Å². The molecular formula is C13H24N2OV. The molecule has 0 aliphatic carbocycles. The minimum absolute atomic E-state index is 0.596. The first kappa shape index (κ1) is 15.1. The summed E-state index contributed by atoms with van der Waals surface area (Å²) in [5.41, 5.74) is 0. The molecule has 1 aliphatic rings. The molecule has 0 unspecified atom stereocenters. The quantitative estimate of drug-likeness (QED) is 0.507. The monoisotopic (exact) mass is 275 g/mol. The van der Waals surface area contributed by atoms with E-state index in [-0.39, 0.29) is 0 Å². The number of nitrogens with one attached hydrogen (secondary N) is 1. The molecular weight excluding hydrogens is 251 g/mol. The average molecular weight is 275 g/mol. The van der Waals surface area contributed by atoms with E-state index in [2.05, 4.69) is 39.9 Å². The number of hydrogen-bond donors (Lipinski definition) is 1. The fourth-order valence-electron chi connectivity index (χ4n) is 2.15. The summed E-state index contributed by atoms with van der Waals surface area (Å²) in [5, 5.41) is 3.39. The molecule has 97 valence electrons. The Hall–Kier alpha value is 0.0744. The Balaban J connectivity index is 2.08. The van der Waals surface area contributed by atoms with Crippen molar-refractivity contribution >= 4 is 4.35 Å². The van der Waals surface area contributed by atoms with Gasteiger partial charge in [0.2, 0.25) is 0 Å². The van der Waals surface area contributed by atoms with Gasteiger partial charge >= 0.3 is 114 Å². The number of likely N-dealkylation sites (tertiary alicyclic amines) is 1. The van der Waals surface area contributed by atoms with Crippen molar-refractivity contribution in [1.29, 1.82) is 0 Å². The van der Waals surface area contributed by atoms with Gasteiger partial charge in [-0.1, -0.05) is 0 Å². The van der Waals surface area contributed by atoms with Crippen LogP contribution in [-0.2, 0) is 21.7 Å². The summed E-state index contributed by atoms with van der Waals surface area (Å²) in [6.07, 6.45) is 5.76. The Bertz CT molecular complexity index is 246. The molecule has 3 nitrogen and oxygen atoms in total. The van der Waals surface area contributed by atoms with Crippen molar-refractivity contribution in [2.24, 2.45) is 0 Å². The van der Waals surface area contributed by atoms with Gasteiger partial charge in [0.1, 0.15) is 0 Å². The van der Waals surface area contributed by atoms with Crippen molar-refractivity contribution < 1.29 is 21.7 Å². The molecule has 1 atom stereocenters. The van der Waals surface area contributed by atoms with E-state index in [0.29, 0.717) is 6.04 Å². The Kier molecular flexibility index (Phi) is 8.07. The van der Waals surface area contributed by atoms with E-state index in [0.717, 1.165) is 32.7 Å². The summed E-state index contributed by atoms with van der Waals surface area (Å²) in [6.45, 7) is 10.8. The molecule has 0 aromatic rings. The van der Waals surface area contributed by atoms with Crippen LogP contribution in [-0.4, -0.2) is 48.1 Å². The van der Waals surface area contributed by atoms with Crippen LogP contribution in [0.5, 0.6) is 0 Å². The van der Waals surface area contributed by atoms with Gasteiger partial charge in [-0.3, -0.25) is 0 Å². The predicted molar refractivity (Wildman–Crippen MR) is 68.9 cm³/mol. The predicted octanol–water partition coefficient (Wildman–Crippen LogP) is 1.33. The number of hydrogen-bond acceptors (Lipinski definition) is 3. The molecule has 0 bridgehead atoms. The summed E-state index contributed by atoms with van der Waals surface area (Å²) < 4.78 is 6.59. The molecule has 17 heavy (non-hydrogen) atoms. The third-order valence-corrected chi connectivity index (χ3v) is 3.70. The van der Waals surface area contributed by atoms with Crippen molar-refractivity contribution in [3.63, 3.8) is 0 Å². The molecule has 1 saturated heterocycles. The van der Waals surface area contributed by atoms with Crippen LogP contribution in [0.4, 0.5) is 0 Å². The second-order valence-electron chi connectivity index (χ2n) is 4.30. The van der Waals surface area contributed by atoms with Gasteiger partial charge < -0.3 is 0 Å². The van der Waals surface area contributed by atoms with Crippen LogP contribution in [0.3, 0.4) is 0 Å². The topological polar surface area (TPSA) is 24.5 Å². The molecule has 0 amide bonds. The van der Waals surface area contributed by atoms with Crippen molar-refractivity contribution in [1.82, 2.24) is 10.2 Å². The van der Waals surface area contributed by atoms with Gasteiger partial charge in [0.05, 0.1) is 0 Å². The van der Waals surface area contributed by atoms with Crippen molar-refractivity contribution in [2.45, 2.75) is 32.2 Å². The van der Waals surface area contributed by atoms with Gasteiger partial charge in [0.25, 0.3) is 0 Å². The molecule has 0 saturated carbocycles. The van der Waals surface area contributed by atoms with E-state index in [4.69, 9.17) is 4.74 Å². The third kappa shape index (κ3) is 5.98. The zero-order chi connectivity index (χ0) is 12.5. The normalized spacial score (nSPS) is 20.6. The second-order valence-corrected chi connectivity index (χ2v) is 5.14. The van der Waals surface area contributed by atoms with E-state index in [1.807, 2.05) is 6.92 Å². The van der Waals surface area contributed by atoms with Crippen LogP contribution in [0.25, 0.3) is 0 Å². The number of nitrogens with zero attached hydrogens (tertiary/aromatic N) is 1. The van der Waals surface area contributed by atoms with Gasteiger partial charge in [-0.15, -0.1) is 0 Å². The molecule has 1 aliphatic heterocycles. The number of ether oxygens (including phenoxy) is 1. The van der Waals surface area contributed by atoms with Gasteiger partial charge in [0.15, 0.2) is 0 Å². The first-order valence-electron chi connectivity index (χ1n) is 6.51. The van der Waals surface area contributed by atoms with Gasteiger partial charge in [0, 0.05) is 0 Å². The van der Waals surface area contributed by atoms with Crippen molar-refractivity contribution in [2.75, 3.05) is 32.8 Å². The van der Waals surface area contributed by atoms with Gasteiger partial charge in [-0.05, 0) is 0 Å². The molecule has 0 aromatic heterocycles. The van der Waals surface area contributed by atoms with E-state index in [9.17, 15) is 0 Å². The van der Waals surface area contributed by atoms with Crippen LogP contribution in [0.1, 0.15) is 26.2 Å². The Morgan fingerprint density at radius 2 is 2.47 bits per heavy atom. The molecule has 4 heteroatoms. The molecule has 1 heterocycles. The second kappa shape index (κ2) is 9.06. The van der Waals surface area contributed by atoms with Crippen LogP contribution >= 0.6 is 0 Å². The van der Waals surface area contributed by atoms with Crippen molar-refractivity contribution in [3.05, 3.63) is 12.7 Å². The fourth-order valence-corrected chi connectivity index (χ4v) is 2.48. The summed E-state index contributed by atoms with van der Waals surface area (Å²) in [6, 6.07) is 0.596. The summed E-state index contributed by atoms with van der Waals surface area (Å²) in [5.74, 6) is 0. The van der Waals surface area contributed by atoms with E-state index < -0.39 is 0 Å². The third-order valence-electron chi connectivity index (χ3n) is 3.10. The van der Waals surface area contributed by atoms with Crippen LogP contribution in [0.2, 0.25) is 0 Å². The SMILES string of the molecule is C=C[C@@H]1CCCN1CC[C](=[V])NCCOCC. The molecule has 1 N–H and O–H groups in total. The van der Waals surface area contributed by atoms with Crippen LogP contribution in [0, 0.1) is 0 Å². The molecule has 0 radical (unpaired) electrons. The summed E-state index contributed by atoms with van der Waals surface area (Å²) in [7, 11) is 0. The molecule has 1 fully saturated rings. The maximum absolute atomic E-state index is 5.29. The minimum atomic E-state index is 0.596. The first-order valence-corrected chi connectivity index (χ1v) is 7.20. The van der Waals surface area contributed by atoms with Crippen molar-refractivity contribution in [3.8, 4) is 0 Å². The first-order chi connectivity index (χ1) is 8.27. The maximum atomic E-state index is 5.29. The Morgan fingerprint density at radius 1 is 1.65 bits per heavy atom. The Morgan fingerprint density at radius 3 is 3.18 bits per heavy atom. The summed E-state index contributed by atoms with van der Waals surface area (Å²) >= 11 is 2.64. The summed E-state index contributed by atoms with van der Waals surface area (Å²) in [4.78, 5) is 2.52. The fraction of sp³-hybridized carbons (Fsp3) is 0.769. The van der Waals surface area contributed by atoms with E-state index in [1.54, 1.807) is 0 Å². The average Bonchev–Trinajstić information content (AvgIpc) is 2.79. The zero-order valence-electron chi connectivity index (χ0n) is 10.8. The van der Waals surface area contributed by atoms with E-state index in [1.165, 1.54) is 23.7 Å². The van der Waals surface area contributed by atoms with Gasteiger partial charge in [-0.2, -0.15) is 0 Å². The zero-order valence-corrected chi connectivity index (χ0v) is 12.2. The number of rotatable bonds is 9. The Labute approximate surface area is 114 Å². The standard InChI is InChI=1S/C13H24N2O.V/c1-3-13-7-5-10-15(13)11-6-8-14-9-12-16-4-2;/h3,13-14H,1,4-7,9-12H2,2H3;/t13-;/m1./s1. The van der Waals surface area contributed by atoms with Crippen LogP contribution in [0.15, 0.2) is 12.7 Å². The molecule has 0 spiro atoms. The van der Waals surface area contributed by atoms with Crippen LogP contribution < -0.4 is 5.32 Å².